The van der Waals surface area contributed by atoms with Crippen molar-refractivity contribution in [3.05, 3.63) is 71.6 Å². The number of hydrogen-bond acceptors (Lipinski definition) is 5. The van der Waals surface area contributed by atoms with Crippen molar-refractivity contribution in [1.29, 1.82) is 0 Å². The molecule has 2 aliphatic rings. The van der Waals surface area contributed by atoms with E-state index in [1.807, 2.05) is 23.1 Å². The second kappa shape index (κ2) is 12.0. The zero-order valence-electron chi connectivity index (χ0n) is 21.0. The molecule has 3 amide bonds. The second-order valence-electron chi connectivity index (χ2n) is 9.55. The number of likely N-dealkylation sites (tertiary alicyclic amines) is 1. The number of nitrogens with one attached hydrogen (secondary N) is 3. The Balaban J connectivity index is 1.44. The van der Waals surface area contributed by atoms with Gasteiger partial charge in [0.05, 0.1) is 17.5 Å². The second-order valence-corrected chi connectivity index (χ2v) is 9.55. The molecule has 1 unspecified atom stereocenters. The number of carbonyl (C=O) groups is 3. The predicted molar refractivity (Wildman–Crippen MR) is 139 cm³/mol. The Bertz CT molecular complexity index is 1180. The topological polar surface area (TPSA) is 99.8 Å². The van der Waals surface area contributed by atoms with Crippen LogP contribution in [0.25, 0.3) is 0 Å². The fraction of sp³-hybridized carbons (Fsp3) is 0.393. The summed E-state index contributed by atoms with van der Waals surface area (Å²) in [6.45, 7) is 3.66. The average molecular weight is 509 g/mol. The molecule has 0 aromatic heterocycles. The minimum Gasteiger partial charge on any atom is -0.489 e. The normalized spacial score (nSPS) is 22.1. The van der Waals surface area contributed by atoms with E-state index in [0.717, 1.165) is 6.42 Å². The van der Waals surface area contributed by atoms with Crippen LogP contribution in [0.5, 0.6) is 5.75 Å². The summed E-state index contributed by atoms with van der Waals surface area (Å²) in [6, 6.07) is 11.6. The van der Waals surface area contributed by atoms with Gasteiger partial charge in [0.1, 0.15) is 18.2 Å². The van der Waals surface area contributed by atoms with Gasteiger partial charge >= 0.3 is 0 Å². The molecule has 37 heavy (non-hydrogen) atoms. The summed E-state index contributed by atoms with van der Waals surface area (Å²) in [4.78, 5) is 40.7. The number of ether oxygens (including phenoxy) is 1. The predicted octanol–water partition coefficient (Wildman–Crippen LogP) is 3.04. The first-order valence-electron chi connectivity index (χ1n) is 12.6. The Morgan fingerprint density at radius 3 is 2.78 bits per heavy atom. The fourth-order valence-corrected chi connectivity index (χ4v) is 4.87. The number of anilines is 1. The minimum atomic E-state index is -0.712. The SMILES string of the molecule is Cc1c(F)cccc1NC(=O)CN1CCCC2(C/C=C\COc3ccccc3C(=O)NCCNC2=O)C1. The number of halogens is 1. The summed E-state index contributed by atoms with van der Waals surface area (Å²) in [5.74, 6) is -0.484. The van der Waals surface area contributed by atoms with Crippen LogP contribution in [0.4, 0.5) is 10.1 Å². The quantitative estimate of drug-likeness (QED) is 0.554. The highest BCUT2D eigenvalue weighted by molar-refractivity contribution is 5.97. The number of piperidine rings is 1. The first kappa shape index (κ1) is 26.3. The Hall–Kier alpha value is -3.72. The molecule has 0 aliphatic carbocycles. The van der Waals surface area contributed by atoms with Crippen LogP contribution >= 0.6 is 0 Å². The summed E-state index contributed by atoms with van der Waals surface area (Å²) in [5.41, 5.74) is 0.568. The lowest BCUT2D eigenvalue weighted by molar-refractivity contribution is -0.135. The van der Waals surface area contributed by atoms with Crippen LogP contribution in [0.2, 0.25) is 0 Å². The summed E-state index contributed by atoms with van der Waals surface area (Å²) in [6.07, 6.45) is 5.73. The average Bonchev–Trinajstić information content (AvgIpc) is 2.89. The van der Waals surface area contributed by atoms with Crippen LogP contribution in [0.3, 0.4) is 0 Å². The van der Waals surface area contributed by atoms with Crippen LogP contribution < -0.4 is 20.7 Å². The molecule has 0 bridgehead atoms. The molecule has 0 saturated carbocycles. The number of amides is 3. The van der Waals surface area contributed by atoms with Crippen LogP contribution in [0, 0.1) is 18.2 Å². The maximum atomic E-state index is 13.9. The van der Waals surface area contributed by atoms with Crippen molar-refractivity contribution in [2.24, 2.45) is 5.41 Å². The van der Waals surface area contributed by atoms with Crippen LogP contribution in [-0.4, -0.2) is 62.0 Å². The number of fused-ring (bicyclic) bond motifs is 1. The first-order chi connectivity index (χ1) is 17.9. The molecular weight excluding hydrogens is 475 g/mol. The largest absolute Gasteiger partial charge is 0.489 e. The van der Waals surface area contributed by atoms with Crippen molar-refractivity contribution in [2.45, 2.75) is 26.2 Å². The maximum Gasteiger partial charge on any atom is 0.255 e. The molecule has 3 N–H and O–H groups in total. The van der Waals surface area contributed by atoms with Gasteiger partial charge in [-0.05, 0) is 57.0 Å². The molecule has 196 valence electrons. The van der Waals surface area contributed by atoms with Gasteiger partial charge in [0, 0.05) is 30.9 Å². The number of nitrogens with zero attached hydrogens (tertiary/aromatic N) is 1. The Morgan fingerprint density at radius 2 is 1.92 bits per heavy atom. The highest BCUT2D eigenvalue weighted by Gasteiger charge is 2.41. The van der Waals surface area contributed by atoms with E-state index in [-0.39, 0.29) is 43.2 Å². The molecule has 1 fully saturated rings. The van der Waals surface area contributed by atoms with E-state index in [0.29, 0.717) is 55.0 Å². The summed E-state index contributed by atoms with van der Waals surface area (Å²) in [5, 5.41) is 8.60. The van der Waals surface area contributed by atoms with Crippen LogP contribution in [-0.2, 0) is 9.59 Å². The minimum absolute atomic E-state index is 0.101. The number of rotatable bonds is 3. The maximum absolute atomic E-state index is 13.9. The van der Waals surface area contributed by atoms with Gasteiger partial charge in [-0.25, -0.2) is 4.39 Å². The Labute approximate surface area is 216 Å². The molecular formula is C28H33FN4O4. The van der Waals surface area contributed by atoms with Gasteiger partial charge in [-0.3, -0.25) is 19.3 Å². The van der Waals surface area contributed by atoms with Crippen molar-refractivity contribution in [1.82, 2.24) is 15.5 Å². The van der Waals surface area contributed by atoms with Crippen molar-refractivity contribution >= 4 is 23.4 Å². The lowest BCUT2D eigenvalue weighted by atomic mass is 9.76. The fourth-order valence-electron chi connectivity index (χ4n) is 4.87. The zero-order chi connectivity index (χ0) is 26.3. The van der Waals surface area contributed by atoms with E-state index in [1.165, 1.54) is 6.07 Å². The first-order valence-corrected chi connectivity index (χ1v) is 12.6. The highest BCUT2D eigenvalue weighted by Crippen LogP contribution is 2.34. The van der Waals surface area contributed by atoms with E-state index in [9.17, 15) is 18.8 Å². The van der Waals surface area contributed by atoms with Gasteiger partial charge in [0.15, 0.2) is 0 Å². The molecule has 2 aromatic carbocycles. The van der Waals surface area contributed by atoms with E-state index < -0.39 is 5.41 Å². The number of para-hydroxylation sites is 1. The van der Waals surface area contributed by atoms with Gasteiger partial charge in [0.2, 0.25) is 11.8 Å². The van der Waals surface area contributed by atoms with E-state index in [2.05, 4.69) is 16.0 Å². The molecule has 2 aromatic rings. The van der Waals surface area contributed by atoms with Crippen molar-refractivity contribution in [3.63, 3.8) is 0 Å². The standard InChI is InChI=1S/C28H33FN4O4/c1-20-22(29)9-6-10-23(20)32-25(34)18-33-16-7-13-28(19-33)12-4-5-17-37-24-11-3-2-8-21(24)26(35)30-14-15-31-27(28)36/h2-6,8-11H,7,12-19H2,1H3,(H,30,35)(H,31,36)(H,32,34)/b5-4-. The molecule has 2 heterocycles. The molecule has 4 rings (SSSR count). The zero-order valence-corrected chi connectivity index (χ0v) is 21.0. The number of hydrogen-bond donors (Lipinski definition) is 3. The Kier molecular flexibility index (Phi) is 8.55. The molecule has 1 atom stereocenters. The molecule has 0 radical (unpaired) electrons. The Morgan fingerprint density at radius 1 is 1.11 bits per heavy atom. The number of allylic oxidation sites excluding steroid dienone is 1. The van der Waals surface area contributed by atoms with Crippen LogP contribution in [0.1, 0.15) is 35.2 Å². The van der Waals surface area contributed by atoms with Gasteiger partial charge in [0.25, 0.3) is 5.91 Å². The lowest BCUT2D eigenvalue weighted by Gasteiger charge is -2.41. The molecule has 9 heteroatoms. The summed E-state index contributed by atoms with van der Waals surface area (Å²) >= 11 is 0. The third-order valence-corrected chi connectivity index (χ3v) is 6.88. The monoisotopic (exact) mass is 508 g/mol. The van der Waals surface area contributed by atoms with E-state index in [1.54, 1.807) is 37.3 Å². The smallest absolute Gasteiger partial charge is 0.255 e. The third-order valence-electron chi connectivity index (χ3n) is 6.88. The van der Waals surface area contributed by atoms with Gasteiger partial charge in [-0.15, -0.1) is 0 Å². The van der Waals surface area contributed by atoms with E-state index in [4.69, 9.17) is 4.74 Å². The number of benzene rings is 2. The van der Waals surface area contributed by atoms with Crippen molar-refractivity contribution in [2.75, 3.05) is 44.6 Å². The van der Waals surface area contributed by atoms with Crippen molar-refractivity contribution in [3.8, 4) is 5.75 Å². The highest BCUT2D eigenvalue weighted by atomic mass is 19.1. The lowest BCUT2D eigenvalue weighted by Crippen LogP contribution is -2.53. The van der Waals surface area contributed by atoms with Gasteiger partial charge in [-0.1, -0.05) is 30.4 Å². The van der Waals surface area contributed by atoms with Crippen molar-refractivity contribution < 1.29 is 23.5 Å². The van der Waals surface area contributed by atoms with Crippen LogP contribution in [0.15, 0.2) is 54.6 Å². The molecule has 8 nitrogen and oxygen atoms in total. The van der Waals surface area contributed by atoms with E-state index >= 15 is 0 Å². The molecule has 1 spiro atoms. The summed E-state index contributed by atoms with van der Waals surface area (Å²) < 4.78 is 19.7. The van der Waals surface area contributed by atoms with Gasteiger partial charge in [-0.2, -0.15) is 0 Å². The molecule has 2 aliphatic heterocycles. The van der Waals surface area contributed by atoms with Gasteiger partial charge < -0.3 is 20.7 Å². The third kappa shape index (κ3) is 6.54. The molecule has 1 saturated heterocycles. The number of carbonyl (C=O) groups excluding carboxylic acids is 3. The summed E-state index contributed by atoms with van der Waals surface area (Å²) in [7, 11) is 0.